The van der Waals surface area contributed by atoms with E-state index >= 15 is 0 Å². The molecule has 1 aromatic heterocycles. The molecule has 7 heteroatoms. The van der Waals surface area contributed by atoms with Crippen LogP contribution in [0.4, 0.5) is 0 Å². The summed E-state index contributed by atoms with van der Waals surface area (Å²) in [6, 6.07) is 5.95. The minimum atomic E-state index is -3.75. The molecule has 94 valence electrons. The Morgan fingerprint density at radius 3 is 2.44 bits per heavy atom. The quantitative estimate of drug-likeness (QED) is 0.752. The number of nitrogens with zero attached hydrogens (tertiary/aromatic N) is 4. The Hall–Kier alpha value is -1.96. The van der Waals surface area contributed by atoms with Crippen molar-refractivity contribution in [2.24, 2.45) is 0 Å². The van der Waals surface area contributed by atoms with Crippen LogP contribution in [-0.4, -0.2) is 30.3 Å². The zero-order chi connectivity index (χ0) is 13.8. The predicted octanol–water partition coefficient (Wildman–Crippen LogP) is 0.876. The number of rotatable bonds is 4. The van der Waals surface area contributed by atoms with Crippen LogP contribution >= 0.6 is 0 Å². The number of sulfonamides is 1. The molecule has 0 fully saturated rings. The fourth-order valence-corrected chi connectivity index (χ4v) is 2.83. The Bertz CT molecular complexity index is 593. The van der Waals surface area contributed by atoms with Crippen molar-refractivity contribution >= 4 is 10.0 Å². The van der Waals surface area contributed by atoms with Gasteiger partial charge in [0.25, 0.3) is 0 Å². The lowest BCUT2D eigenvalue weighted by atomic mass is 10.4. The van der Waals surface area contributed by atoms with E-state index in [1.807, 2.05) is 12.1 Å². The second-order valence-electron chi connectivity index (χ2n) is 3.79. The first-order valence-corrected chi connectivity index (χ1v) is 6.62. The predicted molar refractivity (Wildman–Crippen MR) is 63.6 cm³/mol. The lowest BCUT2D eigenvalue weighted by Gasteiger charge is -2.22. The van der Waals surface area contributed by atoms with Crippen LogP contribution in [0, 0.1) is 22.7 Å². The molecule has 1 heterocycles. The average Bonchev–Trinajstić information content (AvgIpc) is 2.35. The highest BCUT2D eigenvalue weighted by Gasteiger charge is 2.26. The van der Waals surface area contributed by atoms with Crippen LogP contribution in [0.2, 0.25) is 0 Å². The van der Waals surface area contributed by atoms with Crippen LogP contribution in [-0.2, 0) is 10.0 Å². The molecule has 0 saturated heterocycles. The van der Waals surface area contributed by atoms with Crippen LogP contribution in [0.5, 0.6) is 0 Å². The molecule has 0 spiro atoms. The summed E-state index contributed by atoms with van der Waals surface area (Å²) in [5, 5.41) is 17.3. The molecule has 0 aliphatic heterocycles. The molecule has 0 radical (unpaired) electrons. The summed E-state index contributed by atoms with van der Waals surface area (Å²) in [5.41, 5.74) is 0.144. The topological polar surface area (TPSA) is 97.9 Å². The van der Waals surface area contributed by atoms with Crippen molar-refractivity contribution < 1.29 is 8.42 Å². The molecule has 0 aromatic carbocycles. The molecular formula is C11H12N4O2S. The van der Waals surface area contributed by atoms with Crippen LogP contribution < -0.4 is 0 Å². The van der Waals surface area contributed by atoms with Gasteiger partial charge in [-0.3, -0.25) is 0 Å². The summed E-state index contributed by atoms with van der Waals surface area (Å²) in [6.07, 6.45) is 1.13. The van der Waals surface area contributed by atoms with Gasteiger partial charge in [0.1, 0.15) is 23.2 Å². The summed E-state index contributed by atoms with van der Waals surface area (Å²) in [4.78, 5) is 3.69. The maximum absolute atomic E-state index is 12.2. The van der Waals surface area contributed by atoms with Gasteiger partial charge in [-0.05, 0) is 26.0 Å². The van der Waals surface area contributed by atoms with Crippen LogP contribution in [0.3, 0.4) is 0 Å². The van der Waals surface area contributed by atoms with E-state index in [0.29, 0.717) is 0 Å². The Labute approximate surface area is 106 Å². The zero-order valence-corrected chi connectivity index (χ0v) is 10.8. The molecule has 0 aliphatic rings. The van der Waals surface area contributed by atoms with Crippen LogP contribution in [0.25, 0.3) is 0 Å². The summed E-state index contributed by atoms with van der Waals surface area (Å²) in [6.45, 7) is 3.15. The minimum absolute atomic E-state index is 0.0227. The van der Waals surface area contributed by atoms with E-state index in [0.717, 1.165) is 10.5 Å². The summed E-state index contributed by atoms with van der Waals surface area (Å²) in [5.74, 6) is 0. The second kappa shape index (κ2) is 5.58. The van der Waals surface area contributed by atoms with Gasteiger partial charge in [0, 0.05) is 12.2 Å². The Kier molecular flexibility index (Phi) is 4.38. The molecule has 1 rings (SSSR count). The smallest absolute Gasteiger partial charge is 0.244 e. The zero-order valence-electron chi connectivity index (χ0n) is 10.0. The minimum Gasteiger partial charge on any atom is -0.244 e. The van der Waals surface area contributed by atoms with Gasteiger partial charge in [-0.1, -0.05) is 0 Å². The van der Waals surface area contributed by atoms with E-state index in [1.54, 1.807) is 13.8 Å². The van der Waals surface area contributed by atoms with Crippen molar-refractivity contribution in [1.82, 2.24) is 9.29 Å². The highest BCUT2D eigenvalue weighted by molar-refractivity contribution is 7.89. The van der Waals surface area contributed by atoms with Gasteiger partial charge in [0.05, 0.1) is 6.07 Å². The second-order valence-corrected chi connectivity index (χ2v) is 5.68. The SMILES string of the molecule is CC(C)N(CC#N)S(=O)(=O)c1ccc(C#N)nc1. The molecule has 18 heavy (non-hydrogen) atoms. The van der Waals surface area contributed by atoms with Gasteiger partial charge in [-0.2, -0.15) is 14.8 Å². The molecular weight excluding hydrogens is 252 g/mol. The van der Waals surface area contributed by atoms with E-state index in [1.165, 1.54) is 12.1 Å². The molecule has 0 unspecified atom stereocenters. The van der Waals surface area contributed by atoms with Crippen molar-refractivity contribution in [3.63, 3.8) is 0 Å². The lowest BCUT2D eigenvalue weighted by Crippen LogP contribution is -2.37. The molecule has 0 bridgehead atoms. The van der Waals surface area contributed by atoms with Gasteiger partial charge in [-0.15, -0.1) is 0 Å². The highest BCUT2D eigenvalue weighted by atomic mass is 32.2. The van der Waals surface area contributed by atoms with Crippen molar-refractivity contribution in [3.05, 3.63) is 24.0 Å². The number of hydrogen-bond donors (Lipinski definition) is 0. The molecule has 0 N–H and O–H groups in total. The van der Waals surface area contributed by atoms with Gasteiger partial charge >= 0.3 is 0 Å². The van der Waals surface area contributed by atoms with Crippen molar-refractivity contribution in [1.29, 1.82) is 10.5 Å². The van der Waals surface area contributed by atoms with Gasteiger partial charge in [0.15, 0.2) is 0 Å². The van der Waals surface area contributed by atoms with E-state index in [9.17, 15) is 8.42 Å². The largest absolute Gasteiger partial charge is 0.245 e. The molecule has 6 nitrogen and oxygen atoms in total. The summed E-state index contributed by atoms with van der Waals surface area (Å²) < 4.78 is 25.5. The monoisotopic (exact) mass is 264 g/mol. The van der Waals surface area contributed by atoms with E-state index in [4.69, 9.17) is 10.5 Å². The third-order valence-electron chi connectivity index (χ3n) is 2.26. The highest BCUT2D eigenvalue weighted by Crippen LogP contribution is 2.17. The third kappa shape index (κ3) is 2.83. The normalized spacial score (nSPS) is 11.2. The Morgan fingerprint density at radius 2 is 2.06 bits per heavy atom. The number of nitriles is 2. The summed E-state index contributed by atoms with van der Waals surface area (Å²) in [7, 11) is -3.75. The average molecular weight is 264 g/mol. The molecule has 0 atom stereocenters. The Morgan fingerprint density at radius 1 is 1.39 bits per heavy atom. The van der Waals surface area contributed by atoms with Crippen molar-refractivity contribution in [2.45, 2.75) is 24.8 Å². The van der Waals surface area contributed by atoms with Crippen molar-refractivity contribution in [3.8, 4) is 12.1 Å². The van der Waals surface area contributed by atoms with Crippen LogP contribution in [0.15, 0.2) is 23.2 Å². The first kappa shape index (κ1) is 14.1. The third-order valence-corrected chi connectivity index (χ3v) is 4.27. The maximum atomic E-state index is 12.2. The number of hydrogen-bond acceptors (Lipinski definition) is 5. The standard InChI is InChI=1S/C11H12N4O2S/c1-9(2)15(6-5-12)18(16,17)11-4-3-10(7-13)14-8-11/h3-4,8-9H,6H2,1-2H3. The first-order chi connectivity index (χ1) is 8.43. The van der Waals surface area contributed by atoms with E-state index < -0.39 is 10.0 Å². The molecule has 0 saturated carbocycles. The fraction of sp³-hybridized carbons (Fsp3) is 0.364. The van der Waals surface area contributed by atoms with Gasteiger partial charge in [0.2, 0.25) is 10.0 Å². The molecule has 1 aromatic rings. The molecule has 0 amide bonds. The van der Waals surface area contributed by atoms with Crippen LogP contribution in [0.1, 0.15) is 19.5 Å². The lowest BCUT2D eigenvalue weighted by molar-refractivity contribution is 0.385. The fourth-order valence-electron chi connectivity index (χ4n) is 1.35. The first-order valence-electron chi connectivity index (χ1n) is 5.18. The number of aromatic nitrogens is 1. The van der Waals surface area contributed by atoms with Crippen molar-refractivity contribution in [2.75, 3.05) is 6.54 Å². The number of pyridine rings is 1. The maximum Gasteiger partial charge on any atom is 0.245 e. The summed E-state index contributed by atoms with van der Waals surface area (Å²) >= 11 is 0. The van der Waals surface area contributed by atoms with E-state index in [2.05, 4.69) is 4.98 Å². The molecule has 0 aliphatic carbocycles. The Balaban J connectivity index is 3.19. The van der Waals surface area contributed by atoms with Gasteiger partial charge in [-0.25, -0.2) is 13.4 Å². The van der Waals surface area contributed by atoms with Gasteiger partial charge < -0.3 is 0 Å². The van der Waals surface area contributed by atoms with E-state index in [-0.39, 0.29) is 23.2 Å².